The number of ether oxygens (including phenoxy) is 1. The molecule has 1 unspecified atom stereocenters. The van der Waals surface area contributed by atoms with Crippen LogP contribution in [-0.2, 0) is 15.1 Å². The first-order chi connectivity index (χ1) is 7.86. The molecule has 1 aromatic rings. The molecular formula is C11H9ClFNO3. The molecule has 4 nitrogen and oxygen atoms in total. The number of hydrogen-bond donors (Lipinski definition) is 2. The summed E-state index contributed by atoms with van der Waals surface area (Å²) >= 11 is 5.54. The molecule has 0 fully saturated rings. The van der Waals surface area contributed by atoms with Crippen molar-refractivity contribution < 1.29 is 19.0 Å². The van der Waals surface area contributed by atoms with Gasteiger partial charge in [-0.15, -0.1) is 0 Å². The molecule has 0 amide bonds. The van der Waals surface area contributed by atoms with Crippen LogP contribution in [0.15, 0.2) is 29.8 Å². The molecule has 90 valence electrons. The summed E-state index contributed by atoms with van der Waals surface area (Å²) in [4.78, 5) is 11.8. The maximum atomic E-state index is 13.3. The van der Waals surface area contributed by atoms with Gasteiger partial charge >= 0.3 is 0 Å². The lowest BCUT2D eigenvalue weighted by molar-refractivity contribution is -0.131. The highest BCUT2D eigenvalue weighted by Gasteiger charge is 2.47. The quantitative estimate of drug-likeness (QED) is 0.807. The Bertz CT molecular complexity index is 544. The lowest BCUT2D eigenvalue weighted by atomic mass is 9.91. The normalized spacial score (nSPS) is 24.1. The zero-order chi connectivity index (χ0) is 12.8. The number of benzene rings is 1. The molecule has 0 aliphatic carbocycles. The SMILES string of the molecule is CC1(c2ccc(Cl)c(F)c2)OC(N)=C(O)C1=O. The number of ketones is 1. The molecule has 2 rings (SSSR count). The van der Waals surface area contributed by atoms with Crippen LogP contribution in [0.5, 0.6) is 0 Å². The van der Waals surface area contributed by atoms with E-state index in [9.17, 15) is 14.3 Å². The van der Waals surface area contributed by atoms with Crippen molar-refractivity contribution >= 4 is 17.4 Å². The van der Waals surface area contributed by atoms with E-state index >= 15 is 0 Å². The number of hydrogen-bond acceptors (Lipinski definition) is 4. The fourth-order valence-electron chi connectivity index (χ4n) is 1.64. The highest BCUT2D eigenvalue weighted by Crippen LogP contribution is 2.37. The van der Waals surface area contributed by atoms with Crippen molar-refractivity contribution in [3.05, 3.63) is 46.2 Å². The second-order valence-electron chi connectivity index (χ2n) is 3.81. The highest BCUT2D eigenvalue weighted by molar-refractivity contribution is 6.30. The highest BCUT2D eigenvalue weighted by atomic mass is 35.5. The lowest BCUT2D eigenvalue weighted by Crippen LogP contribution is -2.31. The smallest absolute Gasteiger partial charge is 0.250 e. The van der Waals surface area contributed by atoms with Gasteiger partial charge in [0.05, 0.1) is 5.02 Å². The molecular weight excluding hydrogens is 249 g/mol. The van der Waals surface area contributed by atoms with E-state index < -0.39 is 23.0 Å². The summed E-state index contributed by atoms with van der Waals surface area (Å²) in [5, 5.41) is 9.29. The second-order valence-corrected chi connectivity index (χ2v) is 4.21. The topological polar surface area (TPSA) is 72.6 Å². The Balaban J connectivity index is 2.48. The number of aliphatic hydroxyl groups excluding tert-OH is 1. The Kier molecular flexibility index (Phi) is 2.50. The first kappa shape index (κ1) is 11.7. The number of rotatable bonds is 1. The van der Waals surface area contributed by atoms with Gasteiger partial charge in [0, 0.05) is 5.56 Å². The van der Waals surface area contributed by atoms with Crippen LogP contribution in [0.4, 0.5) is 4.39 Å². The average molecular weight is 258 g/mol. The zero-order valence-electron chi connectivity index (χ0n) is 8.83. The summed E-state index contributed by atoms with van der Waals surface area (Å²) in [6.45, 7) is 1.40. The van der Waals surface area contributed by atoms with Crippen LogP contribution in [0.1, 0.15) is 12.5 Å². The van der Waals surface area contributed by atoms with Crippen LogP contribution < -0.4 is 5.73 Å². The molecule has 0 saturated carbocycles. The minimum atomic E-state index is -1.51. The number of aliphatic hydroxyl groups is 1. The molecule has 17 heavy (non-hydrogen) atoms. The van der Waals surface area contributed by atoms with Gasteiger partial charge in [-0.25, -0.2) is 4.39 Å². The predicted molar refractivity (Wildman–Crippen MR) is 58.7 cm³/mol. The fourth-order valence-corrected chi connectivity index (χ4v) is 1.75. The number of Topliss-reactive ketones (excluding diaryl/α,β-unsaturated/α-hetero) is 1. The fraction of sp³-hybridized carbons (Fsp3) is 0.182. The van der Waals surface area contributed by atoms with Crippen molar-refractivity contribution in [2.24, 2.45) is 5.73 Å². The van der Waals surface area contributed by atoms with E-state index in [0.717, 1.165) is 6.07 Å². The molecule has 3 N–H and O–H groups in total. The van der Waals surface area contributed by atoms with Crippen LogP contribution in [0.25, 0.3) is 0 Å². The van der Waals surface area contributed by atoms with Gasteiger partial charge in [-0.2, -0.15) is 0 Å². The summed E-state index contributed by atoms with van der Waals surface area (Å²) in [5.41, 5.74) is 4.03. The van der Waals surface area contributed by atoms with Crippen molar-refractivity contribution in [2.45, 2.75) is 12.5 Å². The van der Waals surface area contributed by atoms with Crippen molar-refractivity contribution in [1.82, 2.24) is 0 Å². The third kappa shape index (κ3) is 1.63. The van der Waals surface area contributed by atoms with Gasteiger partial charge < -0.3 is 15.6 Å². The molecule has 0 aromatic heterocycles. The standard InChI is InChI=1S/C11H9ClFNO3/c1-11(9(16)8(15)10(14)17-11)5-2-3-6(12)7(13)4-5/h2-4,15H,14H2,1H3. The van der Waals surface area contributed by atoms with Gasteiger partial charge in [0.2, 0.25) is 11.6 Å². The zero-order valence-corrected chi connectivity index (χ0v) is 9.58. The average Bonchev–Trinajstić information content (AvgIpc) is 2.48. The Morgan fingerprint density at radius 1 is 1.53 bits per heavy atom. The Morgan fingerprint density at radius 2 is 2.18 bits per heavy atom. The molecule has 1 heterocycles. The van der Waals surface area contributed by atoms with Crippen molar-refractivity contribution in [3.63, 3.8) is 0 Å². The minimum Gasteiger partial charge on any atom is -0.501 e. The molecule has 1 aliphatic heterocycles. The maximum Gasteiger partial charge on any atom is 0.250 e. The molecule has 6 heteroatoms. The van der Waals surface area contributed by atoms with E-state index in [2.05, 4.69) is 0 Å². The molecule has 1 aromatic carbocycles. The first-order valence-electron chi connectivity index (χ1n) is 4.74. The molecule has 1 atom stereocenters. The third-order valence-electron chi connectivity index (χ3n) is 2.67. The lowest BCUT2D eigenvalue weighted by Gasteiger charge is -2.22. The largest absolute Gasteiger partial charge is 0.501 e. The number of nitrogens with two attached hydrogens (primary N) is 1. The number of carbonyl (C=O) groups excluding carboxylic acids is 1. The predicted octanol–water partition coefficient (Wildman–Crippen LogP) is 1.98. The van der Waals surface area contributed by atoms with Gasteiger partial charge in [-0.3, -0.25) is 4.79 Å². The van der Waals surface area contributed by atoms with Crippen LogP contribution >= 0.6 is 11.6 Å². The molecule has 0 radical (unpaired) electrons. The third-order valence-corrected chi connectivity index (χ3v) is 2.97. The van der Waals surface area contributed by atoms with E-state index in [1.54, 1.807) is 0 Å². The van der Waals surface area contributed by atoms with E-state index in [1.165, 1.54) is 19.1 Å². The summed E-state index contributed by atoms with van der Waals surface area (Å²) in [6, 6.07) is 3.82. The van der Waals surface area contributed by atoms with E-state index in [-0.39, 0.29) is 16.5 Å². The van der Waals surface area contributed by atoms with E-state index in [1.807, 2.05) is 0 Å². The van der Waals surface area contributed by atoms with Crippen molar-refractivity contribution in [3.8, 4) is 0 Å². The van der Waals surface area contributed by atoms with Gasteiger partial charge in [-0.05, 0) is 19.1 Å². The summed E-state index contributed by atoms with van der Waals surface area (Å²) in [7, 11) is 0. The Morgan fingerprint density at radius 3 is 2.65 bits per heavy atom. The van der Waals surface area contributed by atoms with Crippen LogP contribution in [0.2, 0.25) is 5.02 Å². The van der Waals surface area contributed by atoms with Crippen molar-refractivity contribution in [2.75, 3.05) is 0 Å². The molecule has 0 saturated heterocycles. The molecule has 0 bridgehead atoms. The maximum absolute atomic E-state index is 13.3. The molecule has 1 aliphatic rings. The number of carbonyl (C=O) groups is 1. The number of halogens is 2. The Hall–Kier alpha value is -1.75. The second kappa shape index (κ2) is 3.63. The van der Waals surface area contributed by atoms with Crippen LogP contribution in [0, 0.1) is 5.82 Å². The first-order valence-corrected chi connectivity index (χ1v) is 5.12. The summed E-state index contributed by atoms with van der Waals surface area (Å²) < 4.78 is 18.4. The minimum absolute atomic E-state index is 0.0621. The van der Waals surface area contributed by atoms with Gasteiger partial charge in [0.25, 0.3) is 5.78 Å². The van der Waals surface area contributed by atoms with Gasteiger partial charge in [0.1, 0.15) is 5.82 Å². The Labute approximate surface area is 101 Å². The monoisotopic (exact) mass is 257 g/mol. The van der Waals surface area contributed by atoms with E-state index in [0.29, 0.717) is 0 Å². The van der Waals surface area contributed by atoms with Gasteiger partial charge in [0.15, 0.2) is 5.60 Å². The molecule has 0 spiro atoms. The van der Waals surface area contributed by atoms with Crippen LogP contribution in [0.3, 0.4) is 0 Å². The van der Waals surface area contributed by atoms with E-state index in [4.69, 9.17) is 22.1 Å². The van der Waals surface area contributed by atoms with Crippen molar-refractivity contribution in [1.29, 1.82) is 0 Å². The summed E-state index contributed by atoms with van der Waals surface area (Å²) in [6.07, 6.45) is 0. The summed E-state index contributed by atoms with van der Waals surface area (Å²) in [5.74, 6) is -2.40. The van der Waals surface area contributed by atoms with Crippen LogP contribution in [-0.4, -0.2) is 10.9 Å². The van der Waals surface area contributed by atoms with Gasteiger partial charge in [-0.1, -0.05) is 17.7 Å².